The van der Waals surface area contributed by atoms with E-state index in [0.717, 1.165) is 0 Å². The molecule has 1 aliphatic heterocycles. The number of sulfonamides is 1. The first-order valence-corrected chi connectivity index (χ1v) is 14.8. The summed E-state index contributed by atoms with van der Waals surface area (Å²) in [5, 5.41) is 7.76. The van der Waals surface area contributed by atoms with Crippen molar-refractivity contribution in [1.29, 1.82) is 0 Å². The van der Waals surface area contributed by atoms with Crippen LogP contribution in [0.15, 0.2) is 81.8 Å². The van der Waals surface area contributed by atoms with E-state index in [2.05, 4.69) is 30.1 Å². The summed E-state index contributed by atoms with van der Waals surface area (Å²) in [5.74, 6) is -0.306. The van der Waals surface area contributed by atoms with Crippen molar-refractivity contribution in [3.63, 3.8) is 0 Å². The zero-order chi connectivity index (χ0) is 28.7. The number of carbonyl (C=O) groups excluding carboxylic acids is 1. The Morgan fingerprint density at radius 3 is 2.59 bits per heavy atom. The number of amides is 1. The third-order valence-electron chi connectivity index (χ3n) is 6.33. The number of aromatic nitrogens is 6. The second-order valence-corrected chi connectivity index (χ2v) is 11.9. The van der Waals surface area contributed by atoms with Crippen molar-refractivity contribution in [3.8, 4) is 5.69 Å². The van der Waals surface area contributed by atoms with Crippen LogP contribution >= 0.6 is 11.8 Å². The van der Waals surface area contributed by atoms with Crippen molar-refractivity contribution in [2.24, 2.45) is 0 Å². The number of fused-ring (bicyclic) bond motifs is 2. The summed E-state index contributed by atoms with van der Waals surface area (Å²) >= 11 is 1.36. The van der Waals surface area contributed by atoms with Crippen molar-refractivity contribution >= 4 is 50.4 Å². The lowest BCUT2D eigenvalue weighted by atomic mass is 10.2. The van der Waals surface area contributed by atoms with Crippen LogP contribution in [0.25, 0.3) is 16.7 Å². The molecule has 3 aromatic heterocycles. The average Bonchev–Trinajstić information content (AvgIpc) is 3.54. The minimum Gasteiger partial charge on any atom is -0.326 e. The van der Waals surface area contributed by atoms with Gasteiger partial charge in [-0.15, -0.1) is 0 Å². The van der Waals surface area contributed by atoms with Crippen LogP contribution in [-0.4, -0.2) is 49.4 Å². The Kier molecular flexibility index (Phi) is 6.75. The highest BCUT2D eigenvalue weighted by Gasteiger charge is 2.29. The van der Waals surface area contributed by atoms with E-state index in [-0.39, 0.29) is 39.9 Å². The number of carbonyl (C=O) groups is 1. The molecular formula is C26H21FN8O4S2. The maximum absolute atomic E-state index is 13.4. The summed E-state index contributed by atoms with van der Waals surface area (Å²) in [5.41, 5.74) is 1.61. The number of anilines is 2. The number of nitrogens with one attached hydrogen (secondary N) is 2. The normalized spacial score (nSPS) is 14.6. The van der Waals surface area contributed by atoms with E-state index < -0.39 is 16.1 Å². The van der Waals surface area contributed by atoms with Gasteiger partial charge in [0.1, 0.15) is 11.2 Å². The number of nitrogens with zero attached hydrogens (tertiary/aromatic N) is 6. The van der Waals surface area contributed by atoms with Crippen molar-refractivity contribution in [3.05, 3.63) is 88.9 Å². The van der Waals surface area contributed by atoms with Crippen LogP contribution in [0, 0.1) is 12.7 Å². The Morgan fingerprint density at radius 1 is 1.10 bits per heavy atom. The Labute approximate surface area is 236 Å². The molecule has 1 atom stereocenters. The van der Waals surface area contributed by atoms with E-state index in [4.69, 9.17) is 0 Å². The zero-order valence-corrected chi connectivity index (χ0v) is 23.0. The second kappa shape index (κ2) is 10.4. The van der Waals surface area contributed by atoms with E-state index >= 15 is 0 Å². The molecule has 5 aromatic rings. The van der Waals surface area contributed by atoms with Gasteiger partial charge in [-0.25, -0.2) is 37.2 Å². The van der Waals surface area contributed by atoms with Crippen molar-refractivity contribution in [2.45, 2.75) is 29.4 Å². The first-order chi connectivity index (χ1) is 19.7. The molecule has 15 heteroatoms. The molecule has 0 saturated heterocycles. The summed E-state index contributed by atoms with van der Waals surface area (Å²) in [6.45, 7) is 1.72. The van der Waals surface area contributed by atoms with E-state index in [1.165, 1.54) is 69.8 Å². The Balaban J connectivity index is 1.16. The number of aryl methyl sites for hydroxylation is 1. The molecule has 208 valence electrons. The van der Waals surface area contributed by atoms with Gasteiger partial charge in [0.15, 0.2) is 10.8 Å². The molecule has 0 saturated carbocycles. The number of hydrogen-bond donors (Lipinski definition) is 2. The molecular weight excluding hydrogens is 571 g/mol. The predicted molar refractivity (Wildman–Crippen MR) is 150 cm³/mol. The van der Waals surface area contributed by atoms with Crippen LogP contribution in [0.1, 0.15) is 18.2 Å². The molecule has 4 heterocycles. The van der Waals surface area contributed by atoms with Crippen LogP contribution in [0.5, 0.6) is 0 Å². The minimum atomic E-state index is -3.93. The maximum Gasteiger partial charge on any atom is 0.265 e. The molecule has 0 bridgehead atoms. The van der Waals surface area contributed by atoms with Crippen LogP contribution in [0.3, 0.4) is 0 Å². The Bertz CT molecular complexity index is 1960. The van der Waals surface area contributed by atoms with Gasteiger partial charge in [0, 0.05) is 29.8 Å². The van der Waals surface area contributed by atoms with Gasteiger partial charge < -0.3 is 5.32 Å². The first-order valence-electron chi connectivity index (χ1n) is 12.3. The van der Waals surface area contributed by atoms with Gasteiger partial charge >= 0.3 is 0 Å². The van der Waals surface area contributed by atoms with E-state index in [0.29, 0.717) is 33.6 Å². The highest BCUT2D eigenvalue weighted by molar-refractivity contribution is 7.99. The molecule has 1 amide bonds. The zero-order valence-electron chi connectivity index (χ0n) is 21.4. The van der Waals surface area contributed by atoms with Crippen molar-refractivity contribution in [2.75, 3.05) is 15.8 Å². The second-order valence-electron chi connectivity index (χ2n) is 9.21. The highest BCUT2D eigenvalue weighted by Crippen LogP contribution is 2.33. The van der Waals surface area contributed by atoms with Gasteiger partial charge in [0.2, 0.25) is 11.9 Å². The van der Waals surface area contributed by atoms with Crippen molar-refractivity contribution < 1.29 is 17.6 Å². The third kappa shape index (κ3) is 5.28. The Morgan fingerprint density at radius 2 is 1.85 bits per heavy atom. The summed E-state index contributed by atoms with van der Waals surface area (Å²) in [4.78, 5) is 38.8. The fraction of sp³-hybridized carbons (Fsp3) is 0.154. The van der Waals surface area contributed by atoms with E-state index in [9.17, 15) is 22.4 Å². The van der Waals surface area contributed by atoms with Crippen molar-refractivity contribution in [1.82, 2.24) is 29.3 Å². The van der Waals surface area contributed by atoms with Gasteiger partial charge in [0.05, 0.1) is 22.8 Å². The third-order valence-corrected chi connectivity index (χ3v) is 8.77. The lowest BCUT2D eigenvalue weighted by molar-refractivity contribution is -0.116. The molecule has 1 unspecified atom stereocenters. The molecule has 0 aliphatic carbocycles. The lowest BCUT2D eigenvalue weighted by Crippen LogP contribution is -2.27. The number of halogens is 1. The smallest absolute Gasteiger partial charge is 0.265 e. The number of benzene rings is 2. The van der Waals surface area contributed by atoms with Gasteiger partial charge in [-0.3, -0.25) is 14.2 Å². The van der Waals surface area contributed by atoms with Gasteiger partial charge in [-0.1, -0.05) is 11.8 Å². The van der Waals surface area contributed by atoms with Crippen LogP contribution < -0.4 is 15.6 Å². The molecule has 1 aliphatic rings. The predicted octanol–water partition coefficient (Wildman–Crippen LogP) is 3.30. The summed E-state index contributed by atoms with van der Waals surface area (Å²) in [7, 11) is -3.93. The number of rotatable bonds is 7. The summed E-state index contributed by atoms with van der Waals surface area (Å²) in [6, 6.07) is 12.6. The molecule has 12 nitrogen and oxygen atoms in total. The first kappa shape index (κ1) is 26.6. The van der Waals surface area contributed by atoms with Crippen LogP contribution in [-0.2, 0) is 14.8 Å². The monoisotopic (exact) mass is 592 g/mol. The molecule has 0 radical (unpaired) electrons. The molecule has 6 rings (SSSR count). The fourth-order valence-corrected chi connectivity index (χ4v) is 6.45. The lowest BCUT2D eigenvalue weighted by Gasteiger charge is -2.14. The van der Waals surface area contributed by atoms with E-state index in [1.807, 2.05) is 0 Å². The quantitative estimate of drug-likeness (QED) is 0.271. The molecule has 2 aromatic carbocycles. The van der Waals surface area contributed by atoms with Gasteiger partial charge in [-0.2, -0.15) is 5.10 Å². The van der Waals surface area contributed by atoms with E-state index in [1.54, 1.807) is 25.1 Å². The summed E-state index contributed by atoms with van der Waals surface area (Å²) in [6.07, 6.45) is 2.87. The largest absolute Gasteiger partial charge is 0.326 e. The average molecular weight is 593 g/mol. The van der Waals surface area contributed by atoms with Crippen LogP contribution in [0.4, 0.5) is 16.0 Å². The highest BCUT2D eigenvalue weighted by atomic mass is 32.2. The topological polar surface area (TPSA) is 154 Å². The molecule has 0 spiro atoms. The number of hydrogen-bond acceptors (Lipinski definition) is 9. The van der Waals surface area contributed by atoms with Gasteiger partial charge in [-0.05, 0) is 61.5 Å². The molecule has 0 fully saturated rings. The fourth-order valence-electron chi connectivity index (χ4n) is 4.37. The summed E-state index contributed by atoms with van der Waals surface area (Å²) < 4.78 is 44.0. The Hall–Kier alpha value is -4.63. The van der Waals surface area contributed by atoms with Gasteiger partial charge in [0.25, 0.3) is 15.6 Å². The maximum atomic E-state index is 13.4. The molecule has 41 heavy (non-hydrogen) atoms. The van der Waals surface area contributed by atoms with Crippen LogP contribution in [0.2, 0.25) is 0 Å². The minimum absolute atomic E-state index is 0.00545. The standard InChI is InChI=1S/C26H21FN8O4S2/c1-15-10-11-28-25(30-15)33-41(38,39)20-8-4-17(5-9-20)31-22(36)12-19-14-40-26-32-23-21(24(37)34(19)26)13-29-35(23)18-6-2-16(27)3-7-18/h2-11,13,19H,12,14H2,1H3,(H,31,36)(H,28,30,33). The molecule has 2 N–H and O–H groups in total. The SMILES string of the molecule is Cc1ccnc(NS(=O)(=O)c2ccc(NC(=O)CC3CSc4nc5c(cnn5-c5ccc(F)cc5)c(=O)n43)cc2)n1. The number of thioether (sulfide) groups is 1.